The van der Waals surface area contributed by atoms with E-state index < -0.39 is 0 Å². The smallest absolute Gasteiger partial charge is 0.145 e. The number of benzene rings is 1. The fourth-order valence-electron chi connectivity index (χ4n) is 2.00. The average molecular weight is 236 g/mol. The Morgan fingerprint density at radius 3 is 2.61 bits per heavy atom. The number of hydrogen-bond donors (Lipinski definition) is 0. The first-order chi connectivity index (χ1) is 8.88. The van der Waals surface area contributed by atoms with Gasteiger partial charge >= 0.3 is 0 Å². The molecule has 2 aromatic heterocycles. The van der Waals surface area contributed by atoms with Crippen molar-refractivity contribution in [2.45, 2.75) is 0 Å². The lowest BCUT2D eigenvalue weighted by atomic mass is 10.1. The number of pyridine rings is 2. The molecule has 0 saturated heterocycles. The van der Waals surface area contributed by atoms with E-state index in [4.69, 9.17) is 4.74 Å². The SMILES string of the molecule is COc1cc(-c2ccccn2)cc2cccnc12. The maximum Gasteiger partial charge on any atom is 0.145 e. The molecule has 0 saturated carbocycles. The molecule has 0 radical (unpaired) electrons. The van der Waals surface area contributed by atoms with Crippen LogP contribution >= 0.6 is 0 Å². The highest BCUT2D eigenvalue weighted by molar-refractivity contribution is 5.89. The molecule has 0 unspecified atom stereocenters. The van der Waals surface area contributed by atoms with Crippen LogP contribution in [0.4, 0.5) is 0 Å². The minimum absolute atomic E-state index is 0.772. The Morgan fingerprint density at radius 2 is 1.83 bits per heavy atom. The van der Waals surface area contributed by atoms with Gasteiger partial charge in [0.1, 0.15) is 11.3 Å². The Morgan fingerprint density at radius 1 is 0.944 bits per heavy atom. The summed E-state index contributed by atoms with van der Waals surface area (Å²) < 4.78 is 5.40. The van der Waals surface area contributed by atoms with E-state index >= 15 is 0 Å². The molecule has 0 aliphatic heterocycles. The van der Waals surface area contributed by atoms with E-state index in [2.05, 4.69) is 16.0 Å². The second-order valence-electron chi connectivity index (χ2n) is 3.97. The zero-order valence-electron chi connectivity index (χ0n) is 10.00. The largest absolute Gasteiger partial charge is 0.494 e. The van der Waals surface area contributed by atoms with E-state index in [9.17, 15) is 0 Å². The maximum atomic E-state index is 5.40. The van der Waals surface area contributed by atoms with Crippen LogP contribution in [0.1, 0.15) is 0 Å². The summed E-state index contributed by atoms with van der Waals surface area (Å²) in [5, 5.41) is 1.05. The minimum Gasteiger partial charge on any atom is -0.494 e. The number of rotatable bonds is 2. The lowest BCUT2D eigenvalue weighted by Gasteiger charge is -2.08. The summed E-state index contributed by atoms with van der Waals surface area (Å²) in [6.45, 7) is 0. The van der Waals surface area contributed by atoms with E-state index in [-0.39, 0.29) is 0 Å². The zero-order valence-corrected chi connectivity index (χ0v) is 10.00. The molecule has 0 spiro atoms. The number of ether oxygens (including phenoxy) is 1. The molecule has 0 aliphatic carbocycles. The third-order valence-electron chi connectivity index (χ3n) is 2.85. The van der Waals surface area contributed by atoms with E-state index in [0.29, 0.717) is 0 Å². The normalized spacial score (nSPS) is 10.5. The average Bonchev–Trinajstić information content (AvgIpc) is 2.47. The van der Waals surface area contributed by atoms with Crippen molar-refractivity contribution in [1.82, 2.24) is 9.97 Å². The van der Waals surface area contributed by atoms with Gasteiger partial charge in [0, 0.05) is 23.3 Å². The Labute approximate surface area is 105 Å². The van der Waals surface area contributed by atoms with Gasteiger partial charge in [-0.15, -0.1) is 0 Å². The second-order valence-corrected chi connectivity index (χ2v) is 3.97. The van der Waals surface area contributed by atoms with Gasteiger partial charge in [0.15, 0.2) is 0 Å². The fraction of sp³-hybridized carbons (Fsp3) is 0.0667. The van der Waals surface area contributed by atoms with Crippen LogP contribution in [-0.2, 0) is 0 Å². The van der Waals surface area contributed by atoms with E-state index in [1.165, 1.54) is 0 Å². The summed E-state index contributed by atoms with van der Waals surface area (Å²) >= 11 is 0. The van der Waals surface area contributed by atoms with Crippen molar-refractivity contribution >= 4 is 10.9 Å². The summed E-state index contributed by atoms with van der Waals surface area (Å²) in [6, 6.07) is 13.9. The third-order valence-corrected chi connectivity index (χ3v) is 2.85. The van der Waals surface area contributed by atoms with Crippen LogP contribution in [0, 0.1) is 0 Å². The molecule has 3 nitrogen and oxygen atoms in total. The van der Waals surface area contributed by atoms with Gasteiger partial charge in [-0.05, 0) is 30.3 Å². The summed E-state index contributed by atoms with van der Waals surface area (Å²) in [7, 11) is 1.66. The van der Waals surface area contributed by atoms with Crippen molar-refractivity contribution in [2.24, 2.45) is 0 Å². The molecular formula is C15H12N2O. The molecule has 3 heteroatoms. The summed E-state index contributed by atoms with van der Waals surface area (Å²) in [5.41, 5.74) is 2.84. The highest BCUT2D eigenvalue weighted by atomic mass is 16.5. The Kier molecular flexibility index (Phi) is 2.65. The molecule has 0 amide bonds. The molecule has 1 aromatic carbocycles. The first-order valence-corrected chi connectivity index (χ1v) is 5.72. The summed E-state index contributed by atoms with van der Waals surface area (Å²) in [5.74, 6) is 0.772. The quantitative estimate of drug-likeness (QED) is 0.684. The van der Waals surface area contributed by atoms with Gasteiger partial charge in [0.25, 0.3) is 0 Å². The summed E-state index contributed by atoms with van der Waals surface area (Å²) in [6.07, 6.45) is 3.56. The molecule has 3 aromatic rings. The molecule has 0 atom stereocenters. The molecule has 3 rings (SSSR count). The predicted octanol–water partition coefficient (Wildman–Crippen LogP) is 3.31. The van der Waals surface area contributed by atoms with E-state index in [1.807, 2.05) is 36.4 Å². The van der Waals surface area contributed by atoms with Crippen molar-refractivity contribution in [2.75, 3.05) is 7.11 Å². The molecular weight excluding hydrogens is 224 g/mol. The Hall–Kier alpha value is -2.42. The molecule has 0 fully saturated rings. The van der Waals surface area contributed by atoms with E-state index in [1.54, 1.807) is 19.5 Å². The van der Waals surface area contributed by atoms with Gasteiger partial charge in [-0.2, -0.15) is 0 Å². The number of nitrogens with zero attached hydrogens (tertiary/aromatic N) is 2. The van der Waals surface area contributed by atoms with Gasteiger partial charge in [-0.3, -0.25) is 9.97 Å². The molecule has 0 aliphatic rings. The van der Waals surface area contributed by atoms with Gasteiger partial charge in [0.05, 0.1) is 12.8 Å². The van der Waals surface area contributed by atoms with Crippen molar-refractivity contribution in [3.63, 3.8) is 0 Å². The van der Waals surface area contributed by atoms with Crippen LogP contribution in [0.3, 0.4) is 0 Å². The van der Waals surface area contributed by atoms with Gasteiger partial charge in [-0.25, -0.2) is 0 Å². The highest BCUT2D eigenvalue weighted by Crippen LogP contribution is 2.29. The number of hydrogen-bond acceptors (Lipinski definition) is 3. The van der Waals surface area contributed by atoms with Crippen LogP contribution in [0.15, 0.2) is 54.9 Å². The lowest BCUT2D eigenvalue weighted by Crippen LogP contribution is -1.90. The van der Waals surface area contributed by atoms with Crippen molar-refractivity contribution in [3.8, 4) is 17.0 Å². The topological polar surface area (TPSA) is 35.0 Å². The Balaban J connectivity index is 2.26. The third kappa shape index (κ3) is 1.80. The number of aromatic nitrogens is 2. The number of methoxy groups -OCH3 is 1. The van der Waals surface area contributed by atoms with Crippen LogP contribution in [0.25, 0.3) is 22.2 Å². The lowest BCUT2D eigenvalue weighted by molar-refractivity contribution is 0.419. The first kappa shape index (κ1) is 10.7. The summed E-state index contributed by atoms with van der Waals surface area (Å²) in [4.78, 5) is 8.70. The van der Waals surface area contributed by atoms with Crippen LogP contribution in [0.5, 0.6) is 5.75 Å². The van der Waals surface area contributed by atoms with Crippen LogP contribution < -0.4 is 4.74 Å². The molecule has 2 heterocycles. The van der Waals surface area contributed by atoms with Crippen molar-refractivity contribution in [3.05, 3.63) is 54.9 Å². The second kappa shape index (κ2) is 4.45. The first-order valence-electron chi connectivity index (χ1n) is 5.72. The standard InChI is InChI=1S/C15H12N2O/c1-18-14-10-12(13-6-2-3-7-16-13)9-11-5-4-8-17-15(11)14/h2-10H,1H3. The molecule has 0 bridgehead atoms. The van der Waals surface area contributed by atoms with Crippen LogP contribution in [-0.4, -0.2) is 17.1 Å². The maximum absolute atomic E-state index is 5.40. The highest BCUT2D eigenvalue weighted by Gasteiger charge is 2.07. The van der Waals surface area contributed by atoms with Gasteiger partial charge in [0.2, 0.25) is 0 Å². The molecule has 18 heavy (non-hydrogen) atoms. The molecule has 88 valence electrons. The Bertz CT molecular complexity index is 680. The predicted molar refractivity (Wildman–Crippen MR) is 71.5 cm³/mol. The van der Waals surface area contributed by atoms with E-state index in [0.717, 1.165) is 27.9 Å². The minimum atomic E-state index is 0.772. The fourth-order valence-corrected chi connectivity index (χ4v) is 2.00. The van der Waals surface area contributed by atoms with Crippen LogP contribution in [0.2, 0.25) is 0 Å². The van der Waals surface area contributed by atoms with Crippen molar-refractivity contribution < 1.29 is 4.74 Å². The van der Waals surface area contributed by atoms with Crippen molar-refractivity contribution in [1.29, 1.82) is 0 Å². The zero-order chi connectivity index (χ0) is 12.4. The van der Waals surface area contributed by atoms with Gasteiger partial charge in [-0.1, -0.05) is 12.1 Å². The molecule has 0 N–H and O–H groups in total. The van der Waals surface area contributed by atoms with Gasteiger partial charge < -0.3 is 4.74 Å². The monoisotopic (exact) mass is 236 g/mol. The number of fused-ring (bicyclic) bond motifs is 1.